The highest BCUT2D eigenvalue weighted by Gasteiger charge is 2.18. The van der Waals surface area contributed by atoms with Crippen LogP contribution in [0.1, 0.15) is 17.0 Å². The number of imidazole rings is 1. The van der Waals surface area contributed by atoms with Crippen molar-refractivity contribution in [1.82, 2.24) is 25.1 Å². The summed E-state index contributed by atoms with van der Waals surface area (Å²) >= 11 is 1.66. The smallest absolute Gasteiger partial charge is 0.159 e. The summed E-state index contributed by atoms with van der Waals surface area (Å²) in [6, 6.07) is 10.1. The number of thiophene rings is 1. The maximum Gasteiger partial charge on any atom is 0.159 e. The number of nitrogens with zero attached hydrogens (tertiary/aromatic N) is 3. The predicted octanol–water partition coefficient (Wildman–Crippen LogP) is 5.58. The first-order chi connectivity index (χ1) is 15.1. The van der Waals surface area contributed by atoms with E-state index in [1.54, 1.807) is 29.8 Å². The number of hydrogen-bond acceptors (Lipinski definition) is 5. The number of nitrogen functional groups attached to an aromatic ring is 1. The Bertz CT molecular complexity index is 1420. The summed E-state index contributed by atoms with van der Waals surface area (Å²) < 4.78 is 0. The van der Waals surface area contributed by atoms with Gasteiger partial charge in [-0.25, -0.2) is 4.98 Å². The van der Waals surface area contributed by atoms with E-state index in [4.69, 9.17) is 10.7 Å². The third-order valence-electron chi connectivity index (χ3n) is 5.14. The number of aromatic amines is 2. The van der Waals surface area contributed by atoms with Crippen LogP contribution < -0.4 is 5.73 Å². The number of allylic oxidation sites excluding steroid dienone is 2. The largest absolute Gasteiger partial charge is 0.397 e. The highest BCUT2D eigenvalue weighted by molar-refractivity contribution is 7.08. The molecule has 152 valence electrons. The van der Waals surface area contributed by atoms with E-state index in [9.17, 15) is 0 Å². The number of aromatic nitrogens is 5. The first-order valence-electron chi connectivity index (χ1n) is 9.75. The SMILES string of the molecule is C=C/C=C(/c1ccsc1)c1nc(-c2n[nH]c3ccc(-c4cncc(N)c4)cc23)[nH]c1C. The molecule has 4 aromatic heterocycles. The van der Waals surface area contributed by atoms with Gasteiger partial charge in [-0.3, -0.25) is 10.1 Å². The number of hydrogen-bond donors (Lipinski definition) is 3. The lowest BCUT2D eigenvalue weighted by Crippen LogP contribution is -1.89. The third-order valence-corrected chi connectivity index (χ3v) is 5.82. The first kappa shape index (κ1) is 19.0. The Morgan fingerprint density at radius 3 is 2.84 bits per heavy atom. The maximum absolute atomic E-state index is 5.91. The zero-order valence-electron chi connectivity index (χ0n) is 16.9. The van der Waals surface area contributed by atoms with Crippen LogP contribution in [0.5, 0.6) is 0 Å². The molecule has 0 fully saturated rings. The van der Waals surface area contributed by atoms with Gasteiger partial charge in [-0.15, -0.1) is 0 Å². The Hall–Kier alpha value is -3.97. The summed E-state index contributed by atoms with van der Waals surface area (Å²) in [5.41, 5.74) is 14.2. The predicted molar refractivity (Wildman–Crippen MR) is 128 cm³/mol. The van der Waals surface area contributed by atoms with E-state index in [-0.39, 0.29) is 0 Å². The van der Waals surface area contributed by atoms with Gasteiger partial charge in [0.1, 0.15) is 5.69 Å². The summed E-state index contributed by atoms with van der Waals surface area (Å²) in [5.74, 6) is 0.715. The van der Waals surface area contributed by atoms with Crippen molar-refractivity contribution >= 4 is 33.5 Å². The number of rotatable bonds is 5. The molecule has 0 radical (unpaired) electrons. The molecule has 0 aliphatic rings. The Labute approximate surface area is 183 Å². The molecule has 7 heteroatoms. The van der Waals surface area contributed by atoms with Crippen molar-refractivity contribution in [3.63, 3.8) is 0 Å². The van der Waals surface area contributed by atoms with Crippen molar-refractivity contribution in [3.05, 3.63) is 89.2 Å². The van der Waals surface area contributed by atoms with Crippen LogP contribution in [-0.2, 0) is 0 Å². The number of benzene rings is 1. The molecule has 0 amide bonds. The van der Waals surface area contributed by atoms with Gasteiger partial charge in [0.25, 0.3) is 0 Å². The fourth-order valence-electron chi connectivity index (χ4n) is 3.67. The Morgan fingerprint density at radius 2 is 2.06 bits per heavy atom. The van der Waals surface area contributed by atoms with E-state index in [1.807, 2.05) is 31.2 Å². The minimum Gasteiger partial charge on any atom is -0.397 e. The summed E-state index contributed by atoms with van der Waals surface area (Å²) in [4.78, 5) is 12.5. The summed E-state index contributed by atoms with van der Waals surface area (Å²) in [5, 5.41) is 12.8. The number of aryl methyl sites for hydroxylation is 1. The van der Waals surface area contributed by atoms with E-state index in [1.165, 1.54) is 0 Å². The van der Waals surface area contributed by atoms with Gasteiger partial charge in [-0.1, -0.05) is 24.8 Å². The molecule has 0 aliphatic heterocycles. The van der Waals surface area contributed by atoms with Crippen molar-refractivity contribution in [2.45, 2.75) is 6.92 Å². The van der Waals surface area contributed by atoms with E-state index in [2.05, 4.69) is 49.6 Å². The van der Waals surface area contributed by atoms with Crippen LogP contribution in [-0.4, -0.2) is 25.1 Å². The van der Waals surface area contributed by atoms with Crippen LogP contribution in [0.25, 0.3) is 39.1 Å². The van der Waals surface area contributed by atoms with Gasteiger partial charge in [0.2, 0.25) is 0 Å². The van der Waals surface area contributed by atoms with E-state index in [0.29, 0.717) is 11.5 Å². The van der Waals surface area contributed by atoms with Crippen LogP contribution >= 0.6 is 11.3 Å². The molecule has 31 heavy (non-hydrogen) atoms. The highest BCUT2D eigenvalue weighted by Crippen LogP contribution is 2.32. The monoisotopic (exact) mass is 424 g/mol. The van der Waals surface area contributed by atoms with Crippen LogP contribution in [0.3, 0.4) is 0 Å². The number of fused-ring (bicyclic) bond motifs is 1. The van der Waals surface area contributed by atoms with Crippen LogP contribution in [0, 0.1) is 6.92 Å². The molecule has 5 rings (SSSR count). The van der Waals surface area contributed by atoms with Gasteiger partial charge in [-0.2, -0.15) is 16.4 Å². The van der Waals surface area contributed by atoms with Crippen molar-refractivity contribution in [2.75, 3.05) is 5.73 Å². The second-order valence-corrected chi connectivity index (χ2v) is 8.01. The molecular formula is C24H20N6S. The Kier molecular flexibility index (Phi) is 4.72. The number of nitrogens with one attached hydrogen (secondary N) is 2. The van der Waals surface area contributed by atoms with Crippen molar-refractivity contribution in [2.24, 2.45) is 0 Å². The summed E-state index contributed by atoms with van der Waals surface area (Å²) in [7, 11) is 0. The van der Waals surface area contributed by atoms with Gasteiger partial charge in [0, 0.05) is 34.6 Å². The molecule has 0 spiro atoms. The molecule has 0 atom stereocenters. The van der Waals surface area contributed by atoms with Gasteiger partial charge in [-0.05, 0) is 53.1 Å². The van der Waals surface area contributed by atoms with Crippen molar-refractivity contribution in [3.8, 4) is 22.6 Å². The summed E-state index contributed by atoms with van der Waals surface area (Å²) in [6.45, 7) is 5.89. The standard InChI is InChI=1S/C24H20N6S/c1-3-4-19(16-7-8-31-13-16)22-14(2)27-24(28-22)23-20-10-15(5-6-21(20)29-30-23)17-9-18(25)12-26-11-17/h3-13H,1,25H2,2H3,(H,27,28)(H,29,30)/b19-4-. The highest BCUT2D eigenvalue weighted by atomic mass is 32.1. The molecule has 4 heterocycles. The molecule has 0 bridgehead atoms. The average molecular weight is 425 g/mol. The van der Waals surface area contributed by atoms with Gasteiger partial charge >= 0.3 is 0 Å². The summed E-state index contributed by atoms with van der Waals surface area (Å²) in [6.07, 6.45) is 7.22. The van der Waals surface area contributed by atoms with Crippen LogP contribution in [0.15, 0.2) is 72.2 Å². The molecule has 0 saturated carbocycles. The number of anilines is 1. The lowest BCUT2D eigenvalue weighted by molar-refractivity contribution is 1.10. The molecule has 5 aromatic rings. The number of H-pyrrole nitrogens is 2. The molecule has 4 N–H and O–H groups in total. The molecule has 0 unspecified atom stereocenters. The van der Waals surface area contributed by atoms with Gasteiger partial charge in [0.15, 0.2) is 5.82 Å². The van der Waals surface area contributed by atoms with E-state index in [0.717, 1.165) is 50.2 Å². The zero-order valence-corrected chi connectivity index (χ0v) is 17.7. The van der Waals surface area contributed by atoms with E-state index < -0.39 is 0 Å². The second kappa shape index (κ2) is 7.70. The lowest BCUT2D eigenvalue weighted by atomic mass is 10.0. The van der Waals surface area contributed by atoms with E-state index >= 15 is 0 Å². The topological polar surface area (TPSA) is 96.3 Å². The maximum atomic E-state index is 5.91. The molecule has 6 nitrogen and oxygen atoms in total. The minimum absolute atomic E-state index is 0.631. The first-order valence-corrected chi connectivity index (χ1v) is 10.7. The molecule has 0 aliphatic carbocycles. The Balaban J connectivity index is 1.62. The van der Waals surface area contributed by atoms with Gasteiger partial charge < -0.3 is 10.7 Å². The molecule has 0 saturated heterocycles. The third kappa shape index (κ3) is 3.45. The normalized spacial score (nSPS) is 11.8. The minimum atomic E-state index is 0.631. The fraction of sp³-hybridized carbons (Fsp3) is 0.0417. The Morgan fingerprint density at radius 1 is 1.16 bits per heavy atom. The van der Waals surface area contributed by atoms with Crippen LogP contribution in [0.4, 0.5) is 5.69 Å². The van der Waals surface area contributed by atoms with Crippen molar-refractivity contribution < 1.29 is 0 Å². The van der Waals surface area contributed by atoms with Gasteiger partial charge in [0.05, 0.1) is 16.9 Å². The molecular weight excluding hydrogens is 404 g/mol. The average Bonchev–Trinajstić information content (AvgIpc) is 3.51. The zero-order chi connectivity index (χ0) is 21.4. The second-order valence-electron chi connectivity index (χ2n) is 7.23. The van der Waals surface area contributed by atoms with Crippen LogP contribution in [0.2, 0.25) is 0 Å². The lowest BCUT2D eigenvalue weighted by Gasteiger charge is -2.03. The fourth-order valence-corrected chi connectivity index (χ4v) is 4.33. The quantitative estimate of drug-likeness (QED) is 0.321. The number of pyridine rings is 1. The van der Waals surface area contributed by atoms with Crippen molar-refractivity contribution in [1.29, 1.82) is 0 Å². The number of nitrogens with two attached hydrogens (primary N) is 1. The molecule has 1 aromatic carbocycles.